The zero-order valence-electron chi connectivity index (χ0n) is 8.39. The van der Waals surface area contributed by atoms with E-state index in [1.54, 1.807) is 0 Å². The first-order valence-corrected chi connectivity index (χ1v) is 5.83. The van der Waals surface area contributed by atoms with Crippen LogP contribution in [0.15, 0.2) is 17.5 Å². The normalized spacial score (nSPS) is 20.9. The molecule has 0 spiro atoms. The van der Waals surface area contributed by atoms with Crippen LogP contribution in [0.3, 0.4) is 0 Å². The van der Waals surface area contributed by atoms with Gasteiger partial charge in [-0.25, -0.2) is 5.90 Å². The maximum atomic E-state index is 11.9. The minimum absolute atomic E-state index is 0.129. The lowest BCUT2D eigenvalue weighted by molar-refractivity contribution is 0.0759. The summed E-state index contributed by atoms with van der Waals surface area (Å²) in [6.45, 7) is 2.10. The van der Waals surface area contributed by atoms with Crippen molar-refractivity contribution in [3.63, 3.8) is 0 Å². The van der Waals surface area contributed by atoms with Gasteiger partial charge in [0.05, 0.1) is 11.5 Å². The molecule has 1 saturated heterocycles. The number of hydrogen-bond acceptors (Lipinski definition) is 4. The van der Waals surface area contributed by atoms with Crippen molar-refractivity contribution in [2.24, 2.45) is 11.8 Å². The highest BCUT2D eigenvalue weighted by atomic mass is 32.1. The molecule has 0 saturated carbocycles. The van der Waals surface area contributed by atoms with Crippen molar-refractivity contribution in [2.75, 3.05) is 19.7 Å². The van der Waals surface area contributed by atoms with Crippen LogP contribution in [0.2, 0.25) is 0 Å². The van der Waals surface area contributed by atoms with Gasteiger partial charge in [-0.1, -0.05) is 6.07 Å². The molecule has 1 unspecified atom stereocenters. The Balaban J connectivity index is 1.93. The van der Waals surface area contributed by atoms with Crippen molar-refractivity contribution in [1.29, 1.82) is 0 Å². The molecule has 1 amide bonds. The van der Waals surface area contributed by atoms with Crippen LogP contribution in [0.25, 0.3) is 0 Å². The van der Waals surface area contributed by atoms with Gasteiger partial charge in [0.25, 0.3) is 5.91 Å². The van der Waals surface area contributed by atoms with Crippen LogP contribution >= 0.6 is 11.3 Å². The number of hydrogen-bond donors (Lipinski definition) is 1. The quantitative estimate of drug-likeness (QED) is 0.785. The molecule has 5 heteroatoms. The Morgan fingerprint density at radius 2 is 2.60 bits per heavy atom. The molecule has 1 aliphatic heterocycles. The number of carbonyl (C=O) groups is 1. The lowest BCUT2D eigenvalue weighted by Crippen LogP contribution is -2.28. The lowest BCUT2D eigenvalue weighted by atomic mass is 10.1. The second kappa shape index (κ2) is 4.74. The fourth-order valence-electron chi connectivity index (χ4n) is 1.85. The number of thiophene rings is 1. The summed E-state index contributed by atoms with van der Waals surface area (Å²) in [6.07, 6.45) is 0.980. The van der Waals surface area contributed by atoms with E-state index >= 15 is 0 Å². The van der Waals surface area contributed by atoms with E-state index in [2.05, 4.69) is 4.84 Å². The first kappa shape index (κ1) is 10.6. The van der Waals surface area contributed by atoms with Crippen molar-refractivity contribution in [3.8, 4) is 0 Å². The Kier molecular flexibility index (Phi) is 3.35. The van der Waals surface area contributed by atoms with Gasteiger partial charge in [0.15, 0.2) is 0 Å². The van der Waals surface area contributed by atoms with Gasteiger partial charge in [0.1, 0.15) is 0 Å². The molecule has 1 atom stereocenters. The molecule has 4 nitrogen and oxygen atoms in total. The Morgan fingerprint density at radius 1 is 1.73 bits per heavy atom. The van der Waals surface area contributed by atoms with Gasteiger partial charge in [-0.05, 0) is 17.9 Å². The summed E-state index contributed by atoms with van der Waals surface area (Å²) in [4.78, 5) is 19.2. The van der Waals surface area contributed by atoms with Crippen LogP contribution in [0.5, 0.6) is 0 Å². The highest BCUT2D eigenvalue weighted by Gasteiger charge is 2.27. The molecule has 0 radical (unpaired) electrons. The van der Waals surface area contributed by atoms with E-state index < -0.39 is 0 Å². The monoisotopic (exact) mass is 226 g/mol. The van der Waals surface area contributed by atoms with Crippen LogP contribution in [-0.4, -0.2) is 30.5 Å². The third-order valence-electron chi connectivity index (χ3n) is 2.64. The van der Waals surface area contributed by atoms with E-state index in [0.717, 1.165) is 24.4 Å². The molecule has 2 heterocycles. The average Bonchev–Trinajstić information content (AvgIpc) is 2.87. The summed E-state index contributed by atoms with van der Waals surface area (Å²) in [7, 11) is 0. The van der Waals surface area contributed by atoms with E-state index in [4.69, 9.17) is 5.90 Å². The number of nitrogens with zero attached hydrogens (tertiary/aromatic N) is 1. The van der Waals surface area contributed by atoms with E-state index in [1.807, 2.05) is 22.4 Å². The molecule has 15 heavy (non-hydrogen) atoms. The summed E-state index contributed by atoms with van der Waals surface area (Å²) < 4.78 is 0. The largest absolute Gasteiger partial charge is 0.338 e. The summed E-state index contributed by atoms with van der Waals surface area (Å²) in [5.74, 6) is 5.54. The summed E-state index contributed by atoms with van der Waals surface area (Å²) in [5.41, 5.74) is 0. The van der Waals surface area contributed by atoms with Gasteiger partial charge in [0.2, 0.25) is 0 Å². The highest BCUT2D eigenvalue weighted by Crippen LogP contribution is 2.20. The number of carbonyl (C=O) groups excluding carboxylic acids is 1. The van der Waals surface area contributed by atoms with Gasteiger partial charge in [-0.2, -0.15) is 0 Å². The van der Waals surface area contributed by atoms with Gasteiger partial charge in [-0.15, -0.1) is 11.3 Å². The third-order valence-corrected chi connectivity index (χ3v) is 3.49. The minimum atomic E-state index is 0.129. The first-order valence-electron chi connectivity index (χ1n) is 4.95. The van der Waals surface area contributed by atoms with E-state index in [0.29, 0.717) is 12.5 Å². The van der Waals surface area contributed by atoms with Crippen LogP contribution in [0.1, 0.15) is 16.1 Å². The zero-order valence-corrected chi connectivity index (χ0v) is 9.20. The number of likely N-dealkylation sites (tertiary alicyclic amines) is 1. The fourth-order valence-corrected chi connectivity index (χ4v) is 2.54. The summed E-state index contributed by atoms with van der Waals surface area (Å²) >= 11 is 1.49. The summed E-state index contributed by atoms with van der Waals surface area (Å²) in [5, 5.41) is 1.92. The van der Waals surface area contributed by atoms with E-state index in [-0.39, 0.29) is 5.91 Å². The second-order valence-electron chi connectivity index (χ2n) is 3.72. The second-order valence-corrected chi connectivity index (χ2v) is 4.66. The van der Waals surface area contributed by atoms with Crippen molar-refractivity contribution >= 4 is 17.2 Å². The molecule has 1 fully saturated rings. The number of nitrogens with two attached hydrogens (primary N) is 1. The third kappa shape index (κ3) is 2.37. The summed E-state index contributed by atoms with van der Waals surface area (Å²) in [6, 6.07) is 3.76. The SMILES string of the molecule is NOCC1CCN(C(=O)c2cccs2)C1. The van der Waals surface area contributed by atoms with Crippen molar-refractivity contribution < 1.29 is 9.63 Å². The van der Waals surface area contributed by atoms with Crippen molar-refractivity contribution in [3.05, 3.63) is 22.4 Å². The van der Waals surface area contributed by atoms with E-state index in [9.17, 15) is 4.79 Å². The van der Waals surface area contributed by atoms with Crippen LogP contribution in [0.4, 0.5) is 0 Å². The predicted octanol–water partition coefficient (Wildman–Crippen LogP) is 1.10. The minimum Gasteiger partial charge on any atom is -0.338 e. The molecule has 82 valence electrons. The zero-order chi connectivity index (χ0) is 10.7. The molecule has 0 aliphatic carbocycles. The van der Waals surface area contributed by atoms with Crippen molar-refractivity contribution in [2.45, 2.75) is 6.42 Å². The van der Waals surface area contributed by atoms with Crippen molar-refractivity contribution in [1.82, 2.24) is 4.90 Å². The van der Waals surface area contributed by atoms with Crippen LogP contribution in [0, 0.1) is 5.92 Å². The van der Waals surface area contributed by atoms with Gasteiger partial charge >= 0.3 is 0 Å². The van der Waals surface area contributed by atoms with E-state index in [1.165, 1.54) is 11.3 Å². The van der Waals surface area contributed by atoms with Gasteiger partial charge in [0, 0.05) is 19.0 Å². The van der Waals surface area contributed by atoms with Crippen LogP contribution in [-0.2, 0) is 4.84 Å². The standard InChI is InChI=1S/C10H14N2O2S/c11-14-7-8-3-4-12(6-8)10(13)9-2-1-5-15-9/h1-2,5,8H,3-4,6-7,11H2. The molecular formula is C10H14N2O2S. The fraction of sp³-hybridized carbons (Fsp3) is 0.500. The molecule has 0 bridgehead atoms. The molecule has 2 rings (SSSR count). The van der Waals surface area contributed by atoms with Gasteiger partial charge < -0.3 is 9.74 Å². The first-order chi connectivity index (χ1) is 7.31. The average molecular weight is 226 g/mol. The number of rotatable bonds is 3. The molecule has 1 aliphatic rings. The molecule has 0 aromatic carbocycles. The number of amides is 1. The maximum absolute atomic E-state index is 11.9. The van der Waals surface area contributed by atoms with Gasteiger partial charge in [-0.3, -0.25) is 4.79 Å². The maximum Gasteiger partial charge on any atom is 0.263 e. The molecule has 1 aromatic rings. The lowest BCUT2D eigenvalue weighted by Gasteiger charge is -2.14. The molecular weight excluding hydrogens is 212 g/mol. The molecule has 1 aromatic heterocycles. The molecule has 2 N–H and O–H groups in total. The Bertz CT molecular complexity index is 326. The predicted molar refractivity (Wildman–Crippen MR) is 58.5 cm³/mol. The highest BCUT2D eigenvalue weighted by molar-refractivity contribution is 7.12. The topological polar surface area (TPSA) is 55.6 Å². The smallest absolute Gasteiger partial charge is 0.263 e. The Morgan fingerprint density at radius 3 is 3.27 bits per heavy atom. The Hall–Kier alpha value is -0.910. The van der Waals surface area contributed by atoms with Crippen LogP contribution < -0.4 is 5.90 Å². The Labute approximate surface area is 92.6 Å².